The van der Waals surface area contributed by atoms with Crippen molar-refractivity contribution >= 4 is 39.7 Å². The van der Waals surface area contributed by atoms with Crippen LogP contribution in [0, 0.1) is 17.0 Å². The van der Waals surface area contributed by atoms with Crippen LogP contribution in [-0.2, 0) is 0 Å². The van der Waals surface area contributed by atoms with Crippen molar-refractivity contribution in [1.82, 2.24) is 0 Å². The lowest BCUT2D eigenvalue weighted by Crippen LogP contribution is -1.89. The number of nitro benzene ring substituents is 1. The average molecular weight is 225 g/mol. The van der Waals surface area contributed by atoms with Gasteiger partial charge >= 0.3 is 0 Å². The van der Waals surface area contributed by atoms with Gasteiger partial charge in [-0.05, 0) is 23.9 Å². The van der Waals surface area contributed by atoms with Crippen LogP contribution in [-0.4, -0.2) is 4.92 Å². The second-order valence-electron chi connectivity index (χ2n) is 3.01. The van der Waals surface area contributed by atoms with Gasteiger partial charge in [-0.3, -0.25) is 10.1 Å². The summed E-state index contributed by atoms with van der Waals surface area (Å²) >= 11 is 5.66. The van der Waals surface area contributed by atoms with E-state index in [9.17, 15) is 10.1 Å². The Morgan fingerprint density at radius 3 is 2.86 bits per heavy atom. The number of nitrogens with zero attached hydrogens (tertiary/aromatic N) is 1. The highest BCUT2D eigenvalue weighted by molar-refractivity contribution is 7.80. The molecule has 0 unspecified atom stereocenters. The number of benzene rings is 1. The predicted molar refractivity (Wildman–Crippen MR) is 60.5 cm³/mol. The third kappa shape index (κ3) is 1.38. The number of thiophene rings is 1. The Morgan fingerprint density at radius 1 is 1.50 bits per heavy atom. The lowest BCUT2D eigenvalue weighted by molar-refractivity contribution is -0.387. The zero-order valence-corrected chi connectivity index (χ0v) is 9.06. The monoisotopic (exact) mass is 225 g/mol. The molecule has 0 bridgehead atoms. The Labute approximate surface area is 89.9 Å². The van der Waals surface area contributed by atoms with Gasteiger partial charge < -0.3 is 0 Å². The fourth-order valence-electron chi connectivity index (χ4n) is 1.32. The predicted octanol–water partition coefficient (Wildman–Crippen LogP) is 3.41. The molecule has 0 spiro atoms. The average Bonchev–Trinajstić information content (AvgIpc) is 2.46. The molecule has 3 nitrogen and oxygen atoms in total. The summed E-state index contributed by atoms with van der Waals surface area (Å²) in [5.41, 5.74) is 1.14. The zero-order chi connectivity index (χ0) is 10.3. The van der Waals surface area contributed by atoms with E-state index in [0.29, 0.717) is 4.90 Å². The minimum atomic E-state index is -0.404. The van der Waals surface area contributed by atoms with Crippen LogP contribution in [0.5, 0.6) is 0 Å². The molecule has 0 atom stereocenters. The molecule has 5 heteroatoms. The van der Waals surface area contributed by atoms with Crippen molar-refractivity contribution in [3.8, 4) is 0 Å². The third-order valence-electron chi connectivity index (χ3n) is 2.06. The van der Waals surface area contributed by atoms with E-state index in [4.69, 9.17) is 0 Å². The first kappa shape index (κ1) is 9.48. The van der Waals surface area contributed by atoms with Gasteiger partial charge in [-0.1, -0.05) is 0 Å². The molecule has 1 heterocycles. The van der Waals surface area contributed by atoms with Crippen LogP contribution in [0.15, 0.2) is 22.4 Å². The number of thiol groups is 1. The zero-order valence-electron chi connectivity index (χ0n) is 7.35. The van der Waals surface area contributed by atoms with E-state index in [1.807, 2.05) is 12.3 Å². The van der Waals surface area contributed by atoms with Crippen molar-refractivity contribution in [3.05, 3.63) is 33.2 Å². The minimum Gasteiger partial charge on any atom is -0.258 e. The Kier molecular flexibility index (Phi) is 2.20. The summed E-state index contributed by atoms with van der Waals surface area (Å²) in [6, 6.07) is 3.33. The lowest BCUT2D eigenvalue weighted by atomic mass is 10.2. The van der Waals surface area contributed by atoms with Gasteiger partial charge in [0.1, 0.15) is 0 Å². The molecule has 1 aromatic heterocycles. The molecule has 0 aliphatic rings. The van der Waals surface area contributed by atoms with Gasteiger partial charge in [-0.25, -0.2) is 0 Å². The third-order valence-corrected chi connectivity index (χ3v) is 3.48. The van der Waals surface area contributed by atoms with E-state index in [1.54, 1.807) is 23.5 Å². The smallest absolute Gasteiger partial charge is 0.258 e. The maximum atomic E-state index is 10.7. The fourth-order valence-corrected chi connectivity index (χ4v) is 2.65. The minimum absolute atomic E-state index is 0.0716. The standard InChI is InChI=1S/C9H7NO2S2/c1-5-4-14-9-3-8(13)7(10(11)12)2-6(5)9/h2-4,13H,1H3. The first-order valence-electron chi connectivity index (χ1n) is 3.95. The topological polar surface area (TPSA) is 43.1 Å². The molecule has 0 aliphatic heterocycles. The number of nitro groups is 1. The van der Waals surface area contributed by atoms with E-state index in [1.165, 1.54) is 0 Å². The largest absolute Gasteiger partial charge is 0.283 e. The van der Waals surface area contributed by atoms with Gasteiger partial charge in [0, 0.05) is 16.2 Å². The van der Waals surface area contributed by atoms with Gasteiger partial charge in [0.2, 0.25) is 0 Å². The Balaban J connectivity index is 2.80. The first-order chi connectivity index (χ1) is 6.59. The molecule has 2 rings (SSSR count). The van der Waals surface area contributed by atoms with Crippen LogP contribution in [0.25, 0.3) is 10.1 Å². The number of hydrogen-bond acceptors (Lipinski definition) is 4. The second kappa shape index (κ2) is 3.25. The van der Waals surface area contributed by atoms with Crippen LogP contribution in [0.2, 0.25) is 0 Å². The van der Waals surface area contributed by atoms with Crippen LogP contribution in [0.4, 0.5) is 5.69 Å². The molecular formula is C9H7NO2S2. The molecule has 0 saturated heterocycles. The normalized spacial score (nSPS) is 10.7. The first-order valence-corrected chi connectivity index (χ1v) is 5.27. The van der Waals surface area contributed by atoms with Crippen LogP contribution in [0.1, 0.15) is 5.56 Å². The van der Waals surface area contributed by atoms with E-state index in [0.717, 1.165) is 15.6 Å². The van der Waals surface area contributed by atoms with E-state index in [2.05, 4.69) is 12.6 Å². The number of aryl methyl sites for hydroxylation is 1. The molecule has 0 saturated carbocycles. The second-order valence-corrected chi connectivity index (χ2v) is 4.41. The highest BCUT2D eigenvalue weighted by Crippen LogP contribution is 2.33. The molecule has 0 fully saturated rings. The Morgan fingerprint density at radius 2 is 2.21 bits per heavy atom. The van der Waals surface area contributed by atoms with Gasteiger partial charge in [0.15, 0.2) is 0 Å². The van der Waals surface area contributed by atoms with E-state index >= 15 is 0 Å². The Bertz CT molecular complexity index is 519. The van der Waals surface area contributed by atoms with E-state index < -0.39 is 4.92 Å². The van der Waals surface area contributed by atoms with Crippen molar-refractivity contribution in [2.75, 3.05) is 0 Å². The molecule has 0 aliphatic carbocycles. The van der Waals surface area contributed by atoms with Gasteiger partial charge in [-0.2, -0.15) is 0 Å². The van der Waals surface area contributed by atoms with Crippen molar-refractivity contribution in [2.24, 2.45) is 0 Å². The SMILES string of the molecule is Cc1csc2cc(S)c([N+](=O)[O-])cc12. The maximum absolute atomic E-state index is 10.7. The van der Waals surface area contributed by atoms with Gasteiger partial charge in [-0.15, -0.1) is 24.0 Å². The van der Waals surface area contributed by atoms with Gasteiger partial charge in [0.05, 0.1) is 9.82 Å². The summed E-state index contributed by atoms with van der Waals surface area (Å²) in [6.07, 6.45) is 0. The molecule has 0 amide bonds. The summed E-state index contributed by atoms with van der Waals surface area (Å²) < 4.78 is 1.04. The van der Waals surface area contributed by atoms with Crippen LogP contribution in [0.3, 0.4) is 0 Å². The van der Waals surface area contributed by atoms with E-state index in [-0.39, 0.29) is 5.69 Å². The summed E-state index contributed by atoms with van der Waals surface area (Å²) in [4.78, 5) is 10.7. The van der Waals surface area contributed by atoms with Crippen LogP contribution >= 0.6 is 24.0 Å². The molecule has 14 heavy (non-hydrogen) atoms. The quantitative estimate of drug-likeness (QED) is 0.459. The Hall–Kier alpha value is -1.07. The fraction of sp³-hybridized carbons (Fsp3) is 0.111. The summed E-state index contributed by atoms with van der Waals surface area (Å²) in [5.74, 6) is 0. The highest BCUT2D eigenvalue weighted by Gasteiger charge is 2.13. The summed E-state index contributed by atoms with van der Waals surface area (Å²) in [5, 5.41) is 13.6. The molecular weight excluding hydrogens is 218 g/mol. The van der Waals surface area contributed by atoms with Crippen molar-refractivity contribution < 1.29 is 4.92 Å². The summed E-state index contributed by atoms with van der Waals surface area (Å²) in [7, 11) is 0. The molecule has 0 radical (unpaired) electrons. The van der Waals surface area contributed by atoms with Crippen molar-refractivity contribution in [3.63, 3.8) is 0 Å². The number of hydrogen-bond donors (Lipinski definition) is 1. The highest BCUT2D eigenvalue weighted by atomic mass is 32.1. The lowest BCUT2D eigenvalue weighted by Gasteiger charge is -1.97. The van der Waals surface area contributed by atoms with Gasteiger partial charge in [0.25, 0.3) is 5.69 Å². The molecule has 0 N–H and O–H groups in total. The molecule has 2 aromatic rings. The number of rotatable bonds is 1. The van der Waals surface area contributed by atoms with Crippen molar-refractivity contribution in [2.45, 2.75) is 11.8 Å². The molecule has 1 aromatic carbocycles. The summed E-state index contributed by atoms with van der Waals surface area (Å²) in [6.45, 7) is 1.95. The molecule has 72 valence electrons. The maximum Gasteiger partial charge on any atom is 0.283 e. The van der Waals surface area contributed by atoms with Crippen molar-refractivity contribution in [1.29, 1.82) is 0 Å². The van der Waals surface area contributed by atoms with Crippen LogP contribution < -0.4 is 0 Å². The number of fused-ring (bicyclic) bond motifs is 1.